The van der Waals surface area contributed by atoms with Crippen LogP contribution in [-0.4, -0.2) is 44.6 Å². The summed E-state index contributed by atoms with van der Waals surface area (Å²) in [5, 5.41) is 3.82. The summed E-state index contributed by atoms with van der Waals surface area (Å²) in [6.45, 7) is 0.402. The van der Waals surface area contributed by atoms with Crippen molar-refractivity contribution in [3.63, 3.8) is 0 Å². The molecular formula is C14H16N2O4S3. The second-order valence-corrected chi connectivity index (χ2v) is 10.9. The topological polar surface area (TPSA) is 93.2 Å². The molecule has 2 aromatic heterocycles. The molecule has 1 aliphatic rings. The molecule has 2 atom stereocenters. The largest absolute Gasteiger partial charge is 0.308 e. The van der Waals surface area contributed by atoms with E-state index in [9.17, 15) is 16.8 Å². The average Bonchev–Trinajstić information content (AvgIpc) is 3.14. The van der Waals surface area contributed by atoms with Crippen LogP contribution in [0, 0.1) is 0 Å². The summed E-state index contributed by atoms with van der Waals surface area (Å²) in [4.78, 5) is 3.92. The third-order valence-corrected chi connectivity index (χ3v) is 9.37. The first kappa shape index (κ1) is 16.6. The highest BCUT2D eigenvalue weighted by atomic mass is 32.2. The van der Waals surface area contributed by atoms with E-state index >= 15 is 0 Å². The summed E-state index contributed by atoms with van der Waals surface area (Å²) in [5.74, 6) is -0.491. The van der Waals surface area contributed by atoms with Gasteiger partial charge in [0.1, 0.15) is 4.21 Å². The van der Waals surface area contributed by atoms with Crippen molar-refractivity contribution in [1.82, 2.24) is 10.3 Å². The molecular weight excluding hydrogens is 356 g/mol. The molecule has 0 aromatic carbocycles. The van der Waals surface area contributed by atoms with Crippen LogP contribution in [0.3, 0.4) is 0 Å². The lowest BCUT2D eigenvalue weighted by Gasteiger charge is -2.19. The Kier molecular flexibility index (Phi) is 4.54. The molecule has 3 rings (SSSR count). The van der Waals surface area contributed by atoms with Crippen LogP contribution in [-0.2, 0) is 26.2 Å². The first-order valence-corrected chi connectivity index (χ1v) is 11.2. The molecule has 1 saturated heterocycles. The first-order valence-electron chi connectivity index (χ1n) is 6.99. The van der Waals surface area contributed by atoms with Crippen molar-refractivity contribution in [2.24, 2.45) is 0 Å². The van der Waals surface area contributed by atoms with E-state index in [-0.39, 0.29) is 15.7 Å². The smallest absolute Gasteiger partial charge is 0.193 e. The van der Waals surface area contributed by atoms with Gasteiger partial charge in [-0.15, -0.1) is 11.3 Å². The van der Waals surface area contributed by atoms with Gasteiger partial charge >= 0.3 is 0 Å². The number of hydrogen-bond acceptors (Lipinski definition) is 7. The highest BCUT2D eigenvalue weighted by molar-refractivity contribution is 7.97. The van der Waals surface area contributed by atoms with Gasteiger partial charge in [-0.2, -0.15) is 0 Å². The average molecular weight is 372 g/mol. The first-order chi connectivity index (χ1) is 10.9. The minimum Gasteiger partial charge on any atom is -0.308 e. The van der Waals surface area contributed by atoms with Crippen LogP contribution >= 0.6 is 11.3 Å². The predicted molar refractivity (Wildman–Crippen MR) is 88.8 cm³/mol. The van der Waals surface area contributed by atoms with Crippen LogP contribution in [0.25, 0.3) is 0 Å². The summed E-state index contributed by atoms with van der Waals surface area (Å²) in [6.07, 6.45) is 3.28. The predicted octanol–water partition coefficient (Wildman–Crippen LogP) is 0.872. The number of hydrogen-bond donors (Lipinski definition) is 1. The Hall–Kier alpha value is -1.29. The van der Waals surface area contributed by atoms with Gasteiger partial charge in [-0.3, -0.25) is 4.98 Å². The number of nitrogens with zero attached hydrogens (tertiary/aromatic N) is 1. The van der Waals surface area contributed by atoms with E-state index in [2.05, 4.69) is 10.3 Å². The fraction of sp³-hybridized carbons (Fsp3) is 0.357. The molecule has 3 heterocycles. The Morgan fingerprint density at radius 3 is 2.61 bits per heavy atom. The highest BCUT2D eigenvalue weighted by Crippen LogP contribution is 2.28. The van der Waals surface area contributed by atoms with E-state index in [0.29, 0.717) is 6.54 Å². The lowest BCUT2D eigenvalue weighted by molar-refractivity contribution is 0.527. The monoisotopic (exact) mass is 372 g/mol. The molecule has 0 aliphatic carbocycles. The van der Waals surface area contributed by atoms with Gasteiger partial charge in [0.2, 0.25) is 0 Å². The fourth-order valence-electron chi connectivity index (χ4n) is 2.64. The standard InChI is InChI=1S/C14H16N2O4S3/c17-22(18)9-12(16-8-11-3-5-15-6-4-11)13(10-22)23(19,20)14-2-1-7-21-14/h1-7,12-13,16H,8-10H2. The van der Waals surface area contributed by atoms with Crippen LogP contribution in [0.2, 0.25) is 0 Å². The lowest BCUT2D eigenvalue weighted by atomic mass is 10.2. The van der Waals surface area contributed by atoms with E-state index in [4.69, 9.17) is 0 Å². The van der Waals surface area contributed by atoms with Crippen molar-refractivity contribution in [2.75, 3.05) is 11.5 Å². The van der Waals surface area contributed by atoms with Gasteiger partial charge in [0, 0.05) is 25.0 Å². The zero-order valence-corrected chi connectivity index (χ0v) is 14.6. The molecule has 1 aliphatic heterocycles. The van der Waals surface area contributed by atoms with Crippen LogP contribution in [0.15, 0.2) is 46.2 Å². The molecule has 9 heteroatoms. The van der Waals surface area contributed by atoms with Gasteiger partial charge in [-0.25, -0.2) is 16.8 Å². The maximum atomic E-state index is 12.7. The second-order valence-electron chi connectivity index (χ2n) is 5.44. The van der Waals surface area contributed by atoms with Crippen molar-refractivity contribution >= 4 is 31.0 Å². The normalized spacial score (nSPS) is 23.8. The van der Waals surface area contributed by atoms with E-state index in [1.807, 2.05) is 0 Å². The number of sulfone groups is 2. The van der Waals surface area contributed by atoms with Crippen molar-refractivity contribution in [3.05, 3.63) is 47.6 Å². The van der Waals surface area contributed by atoms with E-state index in [0.717, 1.165) is 16.9 Å². The number of aromatic nitrogens is 1. The Balaban J connectivity index is 1.83. The van der Waals surface area contributed by atoms with Gasteiger partial charge in [0.25, 0.3) is 0 Å². The zero-order chi connectivity index (χ0) is 16.5. The third-order valence-electron chi connectivity index (χ3n) is 3.79. The minimum absolute atomic E-state index is 0.159. The molecule has 0 saturated carbocycles. The molecule has 1 N–H and O–H groups in total. The third kappa shape index (κ3) is 3.63. The van der Waals surface area contributed by atoms with Gasteiger partial charge < -0.3 is 5.32 Å². The SMILES string of the molecule is O=S1(=O)CC(NCc2ccncc2)C(S(=O)(=O)c2cccs2)C1. The number of rotatable bonds is 5. The maximum Gasteiger partial charge on any atom is 0.193 e. The molecule has 0 radical (unpaired) electrons. The Morgan fingerprint density at radius 2 is 1.96 bits per heavy atom. The number of pyridine rings is 1. The van der Waals surface area contributed by atoms with Crippen LogP contribution in [0.5, 0.6) is 0 Å². The van der Waals surface area contributed by atoms with E-state index in [1.54, 1.807) is 36.0 Å². The summed E-state index contributed by atoms with van der Waals surface area (Å²) >= 11 is 1.11. The molecule has 2 aromatic rings. The number of nitrogens with one attached hydrogen (secondary N) is 1. The van der Waals surface area contributed by atoms with Gasteiger partial charge in [0.15, 0.2) is 19.7 Å². The quantitative estimate of drug-likeness (QED) is 0.837. The second kappa shape index (κ2) is 6.31. The molecule has 6 nitrogen and oxygen atoms in total. The van der Waals surface area contributed by atoms with Gasteiger partial charge in [-0.1, -0.05) is 6.07 Å². The van der Waals surface area contributed by atoms with Crippen molar-refractivity contribution in [1.29, 1.82) is 0 Å². The maximum absolute atomic E-state index is 12.7. The van der Waals surface area contributed by atoms with Crippen LogP contribution in [0.1, 0.15) is 5.56 Å². The van der Waals surface area contributed by atoms with E-state index in [1.165, 1.54) is 6.07 Å². The Labute approximate surface area is 139 Å². The minimum atomic E-state index is -3.66. The van der Waals surface area contributed by atoms with Gasteiger partial charge in [-0.05, 0) is 29.1 Å². The molecule has 0 amide bonds. The molecule has 0 spiro atoms. The highest BCUT2D eigenvalue weighted by Gasteiger charge is 2.45. The molecule has 0 bridgehead atoms. The fourth-order valence-corrected chi connectivity index (χ4v) is 8.58. The summed E-state index contributed by atoms with van der Waals surface area (Å²) in [6, 6.07) is 6.17. The van der Waals surface area contributed by atoms with Crippen molar-refractivity contribution in [2.45, 2.75) is 22.0 Å². The summed E-state index contributed by atoms with van der Waals surface area (Å²) < 4.78 is 49.6. The zero-order valence-electron chi connectivity index (χ0n) is 12.1. The van der Waals surface area contributed by atoms with Crippen LogP contribution in [0.4, 0.5) is 0 Å². The molecule has 1 fully saturated rings. The van der Waals surface area contributed by atoms with Crippen LogP contribution < -0.4 is 5.32 Å². The Bertz CT molecular complexity index is 862. The van der Waals surface area contributed by atoms with E-state index < -0.39 is 31.0 Å². The van der Waals surface area contributed by atoms with Gasteiger partial charge in [0.05, 0.1) is 16.8 Å². The molecule has 2 unspecified atom stereocenters. The lowest BCUT2D eigenvalue weighted by Crippen LogP contribution is -2.42. The molecule has 124 valence electrons. The molecule has 23 heavy (non-hydrogen) atoms. The van der Waals surface area contributed by atoms with Crippen molar-refractivity contribution in [3.8, 4) is 0 Å². The summed E-state index contributed by atoms with van der Waals surface area (Å²) in [5.41, 5.74) is 0.927. The van der Waals surface area contributed by atoms with Crippen molar-refractivity contribution < 1.29 is 16.8 Å². The summed E-state index contributed by atoms with van der Waals surface area (Å²) in [7, 11) is -7.03. The Morgan fingerprint density at radius 1 is 1.22 bits per heavy atom. The number of thiophene rings is 1.